The van der Waals surface area contributed by atoms with Crippen molar-refractivity contribution in [1.29, 1.82) is 0 Å². The minimum atomic E-state index is -0.152. The SMILES string of the molecule is CCCNC(=O)Nc1ccc2c(cnn2[C@H]2CN3CCC2CC3)c1. The average Bonchev–Trinajstić information content (AvgIpc) is 3.04. The Hall–Kier alpha value is -2.08. The van der Waals surface area contributed by atoms with Crippen LogP contribution in [0.5, 0.6) is 0 Å². The zero-order chi connectivity index (χ0) is 16.5. The smallest absolute Gasteiger partial charge is 0.319 e. The van der Waals surface area contributed by atoms with Gasteiger partial charge in [-0.1, -0.05) is 6.92 Å². The maximum Gasteiger partial charge on any atom is 0.319 e. The number of amides is 2. The van der Waals surface area contributed by atoms with Gasteiger partial charge in [-0.25, -0.2) is 4.79 Å². The molecule has 0 aliphatic carbocycles. The third kappa shape index (κ3) is 2.86. The molecule has 2 amide bonds. The first-order chi connectivity index (χ1) is 11.7. The summed E-state index contributed by atoms with van der Waals surface area (Å²) in [5, 5.41) is 11.5. The number of nitrogens with one attached hydrogen (secondary N) is 2. The minimum Gasteiger partial charge on any atom is -0.338 e. The molecule has 4 heterocycles. The van der Waals surface area contributed by atoms with E-state index < -0.39 is 0 Å². The van der Waals surface area contributed by atoms with Gasteiger partial charge in [0.1, 0.15) is 0 Å². The van der Waals surface area contributed by atoms with Crippen LogP contribution in [0.1, 0.15) is 32.2 Å². The molecule has 1 aromatic heterocycles. The van der Waals surface area contributed by atoms with Crippen LogP contribution in [-0.4, -0.2) is 46.9 Å². The summed E-state index contributed by atoms with van der Waals surface area (Å²) in [7, 11) is 0. The van der Waals surface area contributed by atoms with Crippen molar-refractivity contribution in [2.75, 3.05) is 31.5 Å². The molecule has 3 saturated heterocycles. The number of anilines is 1. The quantitative estimate of drug-likeness (QED) is 0.908. The number of aromatic nitrogens is 2. The molecule has 0 saturated carbocycles. The van der Waals surface area contributed by atoms with Crippen molar-refractivity contribution >= 4 is 22.6 Å². The fourth-order valence-corrected chi connectivity index (χ4v) is 4.02. The summed E-state index contributed by atoms with van der Waals surface area (Å²) in [5.74, 6) is 0.746. The Bertz CT molecular complexity index is 732. The molecule has 128 valence electrons. The zero-order valence-electron chi connectivity index (χ0n) is 14.2. The van der Waals surface area contributed by atoms with Crippen molar-refractivity contribution < 1.29 is 4.79 Å². The van der Waals surface area contributed by atoms with Gasteiger partial charge in [0.2, 0.25) is 0 Å². The van der Waals surface area contributed by atoms with E-state index in [-0.39, 0.29) is 6.03 Å². The highest BCUT2D eigenvalue weighted by molar-refractivity contribution is 5.92. The Morgan fingerprint density at radius 2 is 2.17 bits per heavy atom. The van der Waals surface area contributed by atoms with Crippen LogP contribution < -0.4 is 10.6 Å². The van der Waals surface area contributed by atoms with E-state index in [9.17, 15) is 4.79 Å². The van der Waals surface area contributed by atoms with Gasteiger partial charge in [-0.15, -0.1) is 0 Å². The van der Waals surface area contributed by atoms with Crippen molar-refractivity contribution in [3.63, 3.8) is 0 Å². The molecule has 6 heteroatoms. The zero-order valence-corrected chi connectivity index (χ0v) is 14.2. The summed E-state index contributed by atoms with van der Waals surface area (Å²) in [6, 6.07) is 6.38. The number of fused-ring (bicyclic) bond motifs is 4. The first-order valence-corrected chi connectivity index (χ1v) is 8.99. The van der Waals surface area contributed by atoms with Crippen LogP contribution in [0.15, 0.2) is 24.4 Å². The van der Waals surface area contributed by atoms with Crippen LogP contribution in [0.25, 0.3) is 10.9 Å². The predicted molar refractivity (Wildman–Crippen MR) is 95.2 cm³/mol. The molecule has 2 bridgehead atoms. The first kappa shape index (κ1) is 15.4. The maximum absolute atomic E-state index is 11.8. The van der Waals surface area contributed by atoms with Crippen molar-refractivity contribution in [3.05, 3.63) is 24.4 Å². The molecule has 2 aromatic rings. The number of hydrogen-bond acceptors (Lipinski definition) is 3. The van der Waals surface area contributed by atoms with Gasteiger partial charge in [0.05, 0.1) is 17.8 Å². The van der Waals surface area contributed by atoms with Crippen molar-refractivity contribution in [3.8, 4) is 0 Å². The van der Waals surface area contributed by atoms with Crippen LogP contribution >= 0.6 is 0 Å². The lowest BCUT2D eigenvalue weighted by Gasteiger charge is -2.44. The lowest BCUT2D eigenvalue weighted by molar-refractivity contribution is 0.0534. The summed E-state index contributed by atoms with van der Waals surface area (Å²) < 4.78 is 2.20. The van der Waals surface area contributed by atoms with Gasteiger partial charge in [0.25, 0.3) is 0 Å². The number of carbonyl (C=O) groups excluding carboxylic acids is 1. The maximum atomic E-state index is 11.8. The van der Waals surface area contributed by atoms with E-state index in [0.29, 0.717) is 12.6 Å². The largest absolute Gasteiger partial charge is 0.338 e. The molecule has 0 unspecified atom stereocenters. The van der Waals surface area contributed by atoms with E-state index in [1.54, 1.807) is 0 Å². The number of urea groups is 1. The Balaban J connectivity index is 1.54. The average molecular weight is 327 g/mol. The molecule has 24 heavy (non-hydrogen) atoms. The lowest BCUT2D eigenvalue weighted by Crippen LogP contribution is -2.48. The summed E-state index contributed by atoms with van der Waals surface area (Å²) in [4.78, 5) is 14.3. The Kier molecular flexibility index (Phi) is 4.14. The van der Waals surface area contributed by atoms with E-state index in [0.717, 1.165) is 35.5 Å². The first-order valence-electron chi connectivity index (χ1n) is 8.99. The number of piperidine rings is 3. The molecule has 3 aliphatic heterocycles. The van der Waals surface area contributed by atoms with E-state index in [1.807, 2.05) is 25.3 Å². The van der Waals surface area contributed by atoms with Gasteiger partial charge in [-0.3, -0.25) is 4.68 Å². The molecule has 5 rings (SSSR count). The van der Waals surface area contributed by atoms with Gasteiger partial charge >= 0.3 is 6.03 Å². The van der Waals surface area contributed by atoms with Gasteiger partial charge in [0, 0.05) is 24.2 Å². The van der Waals surface area contributed by atoms with Crippen molar-refractivity contribution in [2.45, 2.75) is 32.2 Å². The molecule has 0 spiro atoms. The standard InChI is InChI=1S/C18H25N5O/c1-2-7-19-18(24)21-15-3-4-16-14(10-15)11-20-23(16)17-12-22-8-5-13(17)6-9-22/h3-4,10-11,13,17H,2,5-9,12H2,1H3,(H2,19,21,24)/t17-/m0/s1. The molecule has 3 aliphatic rings. The van der Waals surface area contributed by atoms with Crippen LogP contribution in [0.2, 0.25) is 0 Å². The third-order valence-corrected chi connectivity index (χ3v) is 5.32. The summed E-state index contributed by atoms with van der Waals surface area (Å²) in [5.41, 5.74) is 1.97. The fraction of sp³-hybridized carbons (Fsp3) is 0.556. The second-order valence-electron chi connectivity index (χ2n) is 6.95. The van der Waals surface area contributed by atoms with Gasteiger partial charge in [-0.2, -0.15) is 5.10 Å². The number of carbonyl (C=O) groups is 1. The van der Waals surface area contributed by atoms with Crippen LogP contribution in [0.3, 0.4) is 0 Å². The Morgan fingerprint density at radius 3 is 2.88 bits per heavy atom. The highest BCUT2D eigenvalue weighted by Crippen LogP contribution is 2.37. The number of nitrogens with zero attached hydrogens (tertiary/aromatic N) is 3. The lowest BCUT2D eigenvalue weighted by atomic mass is 9.84. The molecular formula is C18H25N5O. The molecule has 1 atom stereocenters. The van der Waals surface area contributed by atoms with Crippen molar-refractivity contribution in [2.24, 2.45) is 5.92 Å². The summed E-state index contributed by atoms with van der Waals surface area (Å²) >= 11 is 0. The molecule has 6 nitrogen and oxygen atoms in total. The van der Waals surface area contributed by atoms with Gasteiger partial charge in [0.15, 0.2) is 0 Å². The van der Waals surface area contributed by atoms with E-state index in [4.69, 9.17) is 0 Å². The monoisotopic (exact) mass is 327 g/mol. The number of rotatable bonds is 4. The predicted octanol–water partition coefficient (Wildman–Crippen LogP) is 2.83. The molecular weight excluding hydrogens is 302 g/mol. The van der Waals surface area contributed by atoms with Gasteiger partial charge < -0.3 is 15.5 Å². The van der Waals surface area contributed by atoms with E-state index in [2.05, 4.69) is 31.4 Å². The third-order valence-electron chi connectivity index (χ3n) is 5.32. The topological polar surface area (TPSA) is 62.2 Å². The summed E-state index contributed by atoms with van der Waals surface area (Å²) in [6.07, 6.45) is 5.41. The van der Waals surface area contributed by atoms with E-state index >= 15 is 0 Å². The second-order valence-corrected chi connectivity index (χ2v) is 6.95. The number of hydrogen-bond donors (Lipinski definition) is 2. The van der Waals surface area contributed by atoms with Crippen LogP contribution in [0, 0.1) is 5.92 Å². The normalized spacial score (nSPS) is 25.8. The molecule has 2 N–H and O–H groups in total. The Morgan fingerprint density at radius 1 is 1.33 bits per heavy atom. The van der Waals surface area contributed by atoms with Crippen LogP contribution in [0.4, 0.5) is 10.5 Å². The highest BCUT2D eigenvalue weighted by Gasteiger charge is 2.36. The fourth-order valence-electron chi connectivity index (χ4n) is 4.02. The second kappa shape index (κ2) is 6.43. The summed E-state index contributed by atoms with van der Waals surface area (Å²) in [6.45, 7) is 6.31. The number of benzene rings is 1. The highest BCUT2D eigenvalue weighted by atomic mass is 16.2. The van der Waals surface area contributed by atoms with Crippen LogP contribution in [-0.2, 0) is 0 Å². The van der Waals surface area contributed by atoms with Gasteiger partial charge in [-0.05, 0) is 56.5 Å². The van der Waals surface area contributed by atoms with Crippen molar-refractivity contribution in [1.82, 2.24) is 20.0 Å². The molecule has 0 radical (unpaired) electrons. The molecule has 3 fully saturated rings. The minimum absolute atomic E-state index is 0.152. The van der Waals surface area contributed by atoms with E-state index in [1.165, 1.54) is 25.9 Å². The Labute approximate surface area is 142 Å². The molecule has 1 aromatic carbocycles.